The van der Waals surface area contributed by atoms with Crippen molar-refractivity contribution < 1.29 is 9.53 Å². The second-order valence-electron chi connectivity index (χ2n) is 7.30. The highest BCUT2D eigenvalue weighted by Crippen LogP contribution is 2.43. The zero-order valence-corrected chi connectivity index (χ0v) is 15.2. The number of benzene rings is 3. The summed E-state index contributed by atoms with van der Waals surface area (Å²) >= 11 is 0. The van der Waals surface area contributed by atoms with Crippen LogP contribution >= 0.6 is 0 Å². The van der Waals surface area contributed by atoms with Crippen LogP contribution in [-0.2, 0) is 4.79 Å². The third-order valence-corrected chi connectivity index (χ3v) is 4.86. The summed E-state index contributed by atoms with van der Waals surface area (Å²) in [6, 6.07) is 20.5. The summed E-state index contributed by atoms with van der Waals surface area (Å²) < 4.78 is 6.06. The molecule has 132 valence electrons. The van der Waals surface area contributed by atoms with Crippen molar-refractivity contribution in [2.24, 2.45) is 5.92 Å². The van der Waals surface area contributed by atoms with E-state index in [0.29, 0.717) is 18.9 Å². The number of amides is 1. The highest BCUT2D eigenvalue weighted by atomic mass is 16.5. The summed E-state index contributed by atoms with van der Waals surface area (Å²) in [5, 5.41) is 5.31. The van der Waals surface area contributed by atoms with E-state index in [4.69, 9.17) is 4.74 Å². The van der Waals surface area contributed by atoms with Gasteiger partial charge in [-0.25, -0.2) is 0 Å². The maximum absolute atomic E-state index is 12.5. The number of hydrogen-bond acceptors (Lipinski definition) is 2. The van der Waals surface area contributed by atoms with Gasteiger partial charge in [-0.1, -0.05) is 68.4 Å². The highest BCUT2D eigenvalue weighted by molar-refractivity contribution is 6.06. The van der Waals surface area contributed by atoms with Crippen LogP contribution in [0.4, 0.5) is 5.69 Å². The van der Waals surface area contributed by atoms with Crippen LogP contribution < -0.4 is 10.1 Å². The van der Waals surface area contributed by atoms with Gasteiger partial charge in [0.2, 0.25) is 5.91 Å². The van der Waals surface area contributed by atoms with Crippen molar-refractivity contribution in [2.45, 2.75) is 26.2 Å². The Hall–Kier alpha value is -2.81. The van der Waals surface area contributed by atoms with Crippen LogP contribution in [0.15, 0.2) is 60.7 Å². The molecule has 3 aromatic carbocycles. The van der Waals surface area contributed by atoms with Gasteiger partial charge in [0.15, 0.2) is 0 Å². The van der Waals surface area contributed by atoms with Crippen LogP contribution in [0.5, 0.6) is 5.75 Å². The average Bonchev–Trinajstić information content (AvgIpc) is 2.66. The van der Waals surface area contributed by atoms with Crippen molar-refractivity contribution in [3.05, 3.63) is 71.8 Å². The van der Waals surface area contributed by atoms with Crippen LogP contribution in [0.3, 0.4) is 0 Å². The smallest absolute Gasteiger partial charge is 0.225 e. The molecule has 0 aromatic heterocycles. The number of nitrogens with one attached hydrogen (secondary N) is 1. The van der Waals surface area contributed by atoms with Gasteiger partial charge in [-0.3, -0.25) is 4.79 Å². The number of anilines is 1. The third kappa shape index (κ3) is 3.05. The van der Waals surface area contributed by atoms with Crippen molar-refractivity contribution in [2.75, 3.05) is 11.9 Å². The van der Waals surface area contributed by atoms with Crippen LogP contribution in [0.2, 0.25) is 0 Å². The van der Waals surface area contributed by atoms with Crippen molar-refractivity contribution >= 4 is 22.4 Å². The number of fused-ring (bicyclic) bond motifs is 3. The van der Waals surface area contributed by atoms with E-state index in [1.54, 1.807) is 0 Å². The van der Waals surface area contributed by atoms with Crippen LogP contribution in [0.25, 0.3) is 10.8 Å². The minimum absolute atomic E-state index is 0.00622. The molecule has 4 rings (SSSR count). The monoisotopic (exact) mass is 345 g/mol. The lowest BCUT2D eigenvalue weighted by atomic mass is 9.83. The zero-order chi connectivity index (χ0) is 18.1. The molecule has 0 radical (unpaired) electrons. The zero-order valence-electron chi connectivity index (χ0n) is 15.2. The number of carbonyl (C=O) groups excluding carboxylic acids is 1. The van der Waals surface area contributed by atoms with E-state index in [-0.39, 0.29) is 11.8 Å². The van der Waals surface area contributed by atoms with Gasteiger partial charge < -0.3 is 10.1 Å². The van der Waals surface area contributed by atoms with E-state index < -0.39 is 0 Å². The molecule has 3 aromatic rings. The number of ether oxygens (including phenoxy) is 1. The first kappa shape index (κ1) is 16.6. The van der Waals surface area contributed by atoms with Gasteiger partial charge in [-0.05, 0) is 22.9 Å². The first-order chi connectivity index (χ1) is 12.6. The van der Waals surface area contributed by atoms with E-state index in [1.807, 2.05) is 30.3 Å². The summed E-state index contributed by atoms with van der Waals surface area (Å²) in [7, 11) is 0. The van der Waals surface area contributed by atoms with Gasteiger partial charge >= 0.3 is 0 Å². The van der Waals surface area contributed by atoms with Crippen LogP contribution in [0.1, 0.15) is 37.3 Å². The fourth-order valence-corrected chi connectivity index (χ4v) is 3.64. The molecule has 1 atom stereocenters. The highest BCUT2D eigenvalue weighted by Gasteiger charge is 2.29. The fourth-order valence-electron chi connectivity index (χ4n) is 3.64. The molecule has 0 saturated heterocycles. The molecule has 1 aliphatic heterocycles. The maximum atomic E-state index is 12.5. The molecule has 1 unspecified atom stereocenters. The van der Waals surface area contributed by atoms with Gasteiger partial charge in [-0.15, -0.1) is 0 Å². The first-order valence-electron chi connectivity index (χ1n) is 9.16. The molecule has 26 heavy (non-hydrogen) atoms. The Kier molecular flexibility index (Phi) is 4.37. The fraction of sp³-hybridized carbons (Fsp3) is 0.261. The summed E-state index contributed by atoms with van der Waals surface area (Å²) in [6.07, 6.45) is 0.438. The molecule has 1 N–H and O–H groups in total. The van der Waals surface area contributed by atoms with Crippen molar-refractivity contribution in [1.82, 2.24) is 0 Å². The first-order valence-corrected chi connectivity index (χ1v) is 9.16. The minimum Gasteiger partial charge on any atom is -0.493 e. The Balaban J connectivity index is 1.83. The maximum Gasteiger partial charge on any atom is 0.225 e. The van der Waals surface area contributed by atoms with Crippen molar-refractivity contribution in [3.63, 3.8) is 0 Å². The standard InChI is InChI=1S/C23H23NO2/c1-15(2)14-26-21-10-6-5-9-18(21)20-13-22(25)24-23-17-8-4-3-7-16(17)11-12-19(20)23/h3-12,15,20H,13-14H2,1-2H3,(H,24,25). The molecule has 3 heteroatoms. The Morgan fingerprint density at radius 1 is 1.00 bits per heavy atom. The molecule has 0 saturated carbocycles. The van der Waals surface area contributed by atoms with Gasteiger partial charge in [0.05, 0.1) is 12.3 Å². The average molecular weight is 345 g/mol. The lowest BCUT2D eigenvalue weighted by Gasteiger charge is -2.28. The molecule has 1 aliphatic rings. The lowest BCUT2D eigenvalue weighted by molar-refractivity contribution is -0.116. The normalized spacial score (nSPS) is 16.4. The molecule has 3 nitrogen and oxygen atoms in total. The minimum atomic E-state index is 0.00622. The van der Waals surface area contributed by atoms with Gasteiger partial charge in [-0.2, -0.15) is 0 Å². The summed E-state index contributed by atoms with van der Waals surface area (Å²) in [6.45, 7) is 4.94. The summed E-state index contributed by atoms with van der Waals surface area (Å²) in [4.78, 5) is 12.5. The van der Waals surface area contributed by atoms with Crippen LogP contribution in [0, 0.1) is 5.92 Å². The molecular formula is C23H23NO2. The van der Waals surface area contributed by atoms with E-state index >= 15 is 0 Å². The van der Waals surface area contributed by atoms with Crippen LogP contribution in [-0.4, -0.2) is 12.5 Å². The molecular weight excluding hydrogens is 322 g/mol. The predicted octanol–water partition coefficient (Wildman–Crippen LogP) is 5.35. The largest absolute Gasteiger partial charge is 0.493 e. The Morgan fingerprint density at radius 2 is 1.77 bits per heavy atom. The number of para-hydroxylation sites is 1. The summed E-state index contributed by atoms with van der Waals surface area (Å²) in [5.74, 6) is 1.39. The van der Waals surface area contributed by atoms with Crippen molar-refractivity contribution in [1.29, 1.82) is 0 Å². The van der Waals surface area contributed by atoms with E-state index in [0.717, 1.165) is 33.3 Å². The number of carbonyl (C=O) groups is 1. The molecule has 0 bridgehead atoms. The summed E-state index contributed by atoms with van der Waals surface area (Å²) in [5.41, 5.74) is 3.17. The second-order valence-corrected chi connectivity index (χ2v) is 7.30. The molecule has 0 fully saturated rings. The van der Waals surface area contributed by atoms with E-state index in [9.17, 15) is 4.79 Å². The lowest BCUT2D eigenvalue weighted by Crippen LogP contribution is -2.24. The van der Waals surface area contributed by atoms with E-state index in [2.05, 4.69) is 49.5 Å². The molecule has 0 aliphatic carbocycles. The van der Waals surface area contributed by atoms with Gasteiger partial charge in [0.25, 0.3) is 0 Å². The van der Waals surface area contributed by atoms with Gasteiger partial charge in [0.1, 0.15) is 5.75 Å². The predicted molar refractivity (Wildman–Crippen MR) is 106 cm³/mol. The Bertz CT molecular complexity index is 961. The number of hydrogen-bond donors (Lipinski definition) is 1. The van der Waals surface area contributed by atoms with Gasteiger partial charge in [0, 0.05) is 23.3 Å². The topological polar surface area (TPSA) is 38.3 Å². The quantitative estimate of drug-likeness (QED) is 0.692. The molecule has 1 amide bonds. The second kappa shape index (κ2) is 6.83. The van der Waals surface area contributed by atoms with Crippen molar-refractivity contribution in [3.8, 4) is 5.75 Å². The Morgan fingerprint density at radius 3 is 2.62 bits per heavy atom. The molecule has 1 heterocycles. The van der Waals surface area contributed by atoms with E-state index in [1.165, 1.54) is 0 Å². The molecule has 0 spiro atoms. The number of rotatable bonds is 4. The third-order valence-electron chi connectivity index (χ3n) is 4.86. The SMILES string of the molecule is CC(C)COc1ccccc1C1CC(=O)Nc2c1ccc1ccccc21. The Labute approximate surface area is 154 Å².